The minimum absolute atomic E-state index is 0.137. The Morgan fingerprint density at radius 2 is 1.87 bits per heavy atom. The maximum Gasteiger partial charge on any atom is 0.307 e. The number of carbonyl (C=O) groups is 2. The average molecular weight is 317 g/mol. The zero-order valence-corrected chi connectivity index (χ0v) is 12.7. The predicted octanol–water partition coefficient (Wildman–Crippen LogP) is 1.78. The molecule has 2 aliphatic carbocycles. The van der Waals surface area contributed by atoms with Gasteiger partial charge in [-0.05, 0) is 48.8 Å². The molecule has 23 heavy (non-hydrogen) atoms. The van der Waals surface area contributed by atoms with Gasteiger partial charge in [-0.1, -0.05) is 6.07 Å². The number of carboxylic acid groups (broad SMARTS) is 1. The number of hydrogen-bond acceptors (Lipinski definition) is 4. The maximum absolute atomic E-state index is 12.5. The number of fused-ring (bicyclic) bond motifs is 3. The normalized spacial score (nSPS) is 30.4. The van der Waals surface area contributed by atoms with E-state index in [0.717, 1.165) is 24.8 Å². The molecule has 2 bridgehead atoms. The highest BCUT2D eigenvalue weighted by atomic mass is 16.7. The van der Waals surface area contributed by atoms with E-state index >= 15 is 0 Å². The smallest absolute Gasteiger partial charge is 0.307 e. The molecule has 6 heteroatoms. The van der Waals surface area contributed by atoms with Crippen LogP contribution in [0.15, 0.2) is 18.2 Å². The van der Waals surface area contributed by atoms with Crippen molar-refractivity contribution in [1.29, 1.82) is 0 Å². The summed E-state index contributed by atoms with van der Waals surface area (Å²) < 4.78 is 10.6. The van der Waals surface area contributed by atoms with Crippen LogP contribution in [0.5, 0.6) is 11.5 Å². The second-order valence-electron chi connectivity index (χ2n) is 6.63. The molecule has 3 aliphatic rings. The fourth-order valence-electron chi connectivity index (χ4n) is 4.38. The van der Waals surface area contributed by atoms with Crippen molar-refractivity contribution < 1.29 is 24.2 Å². The lowest BCUT2D eigenvalue weighted by Crippen LogP contribution is -2.41. The highest BCUT2D eigenvalue weighted by Gasteiger charge is 2.53. The van der Waals surface area contributed by atoms with Gasteiger partial charge in [0, 0.05) is 6.54 Å². The summed E-state index contributed by atoms with van der Waals surface area (Å²) in [6, 6.07) is 5.54. The van der Waals surface area contributed by atoms with E-state index in [0.29, 0.717) is 18.0 Å². The molecule has 4 rings (SSSR count). The molecule has 6 nitrogen and oxygen atoms in total. The van der Waals surface area contributed by atoms with Gasteiger partial charge in [0.15, 0.2) is 11.5 Å². The van der Waals surface area contributed by atoms with E-state index in [1.54, 1.807) is 0 Å². The molecule has 2 saturated carbocycles. The molecule has 122 valence electrons. The fourth-order valence-corrected chi connectivity index (χ4v) is 4.38. The zero-order valence-electron chi connectivity index (χ0n) is 12.7. The number of nitrogens with one attached hydrogen (secondary N) is 1. The fraction of sp³-hybridized carbons (Fsp3) is 0.529. The van der Waals surface area contributed by atoms with Gasteiger partial charge in [-0.2, -0.15) is 0 Å². The lowest BCUT2D eigenvalue weighted by Gasteiger charge is -2.27. The van der Waals surface area contributed by atoms with E-state index in [1.807, 2.05) is 18.2 Å². The monoisotopic (exact) mass is 317 g/mol. The Balaban J connectivity index is 1.43. The summed E-state index contributed by atoms with van der Waals surface area (Å²) in [4.78, 5) is 24.0. The van der Waals surface area contributed by atoms with Gasteiger partial charge in [0.05, 0.1) is 11.8 Å². The number of benzene rings is 1. The Morgan fingerprint density at radius 3 is 2.65 bits per heavy atom. The number of hydrogen-bond donors (Lipinski definition) is 2. The lowest BCUT2D eigenvalue weighted by molar-refractivity contribution is -0.149. The van der Waals surface area contributed by atoms with Gasteiger partial charge in [0.1, 0.15) is 0 Å². The van der Waals surface area contributed by atoms with Gasteiger partial charge in [-0.3, -0.25) is 9.59 Å². The number of amides is 1. The van der Waals surface area contributed by atoms with Crippen molar-refractivity contribution >= 4 is 11.9 Å². The second-order valence-corrected chi connectivity index (χ2v) is 6.63. The van der Waals surface area contributed by atoms with Crippen LogP contribution in [0.3, 0.4) is 0 Å². The van der Waals surface area contributed by atoms with Crippen LogP contribution in [0, 0.1) is 23.7 Å². The van der Waals surface area contributed by atoms with Crippen LogP contribution < -0.4 is 14.8 Å². The van der Waals surface area contributed by atoms with Crippen LogP contribution in [0.25, 0.3) is 0 Å². The molecule has 0 spiro atoms. The van der Waals surface area contributed by atoms with Gasteiger partial charge in [0.25, 0.3) is 0 Å². The first kappa shape index (κ1) is 14.4. The van der Waals surface area contributed by atoms with Crippen molar-refractivity contribution in [2.45, 2.75) is 25.8 Å². The number of rotatable bonds is 4. The van der Waals surface area contributed by atoms with Crippen molar-refractivity contribution in [3.63, 3.8) is 0 Å². The van der Waals surface area contributed by atoms with Gasteiger partial charge >= 0.3 is 5.97 Å². The molecule has 2 N–H and O–H groups in total. The average Bonchev–Trinajstić information content (AvgIpc) is 3.25. The maximum atomic E-state index is 12.5. The van der Waals surface area contributed by atoms with E-state index in [4.69, 9.17) is 9.47 Å². The van der Waals surface area contributed by atoms with Gasteiger partial charge in [-0.25, -0.2) is 0 Å². The Bertz CT molecular complexity index is 658. The molecular formula is C17H19NO5. The Hall–Kier alpha value is -2.24. The molecule has 1 aliphatic heterocycles. The third-order valence-corrected chi connectivity index (χ3v) is 5.41. The summed E-state index contributed by atoms with van der Waals surface area (Å²) in [5.74, 6) is -0.107. The van der Waals surface area contributed by atoms with Crippen LogP contribution in [0.4, 0.5) is 0 Å². The summed E-state index contributed by atoms with van der Waals surface area (Å²) in [7, 11) is 0. The van der Waals surface area contributed by atoms with Crippen molar-refractivity contribution in [1.82, 2.24) is 5.32 Å². The van der Waals surface area contributed by atoms with Crippen molar-refractivity contribution in [2.24, 2.45) is 23.7 Å². The number of aliphatic carboxylic acids is 1. The standard InChI is InChI=1S/C17H19NO5/c19-16(14-10-2-3-11(6-10)15(14)17(20)21)18-7-9-1-4-12-13(5-9)23-8-22-12/h1,4-5,10-11,14-15H,2-3,6-8H2,(H,18,19)(H,20,21)/t10-,11+,14+,15+/m1/s1. The van der Waals surface area contributed by atoms with E-state index in [2.05, 4.69) is 5.32 Å². The van der Waals surface area contributed by atoms with Crippen molar-refractivity contribution in [3.05, 3.63) is 23.8 Å². The molecule has 0 saturated heterocycles. The number of carboxylic acids is 1. The zero-order chi connectivity index (χ0) is 16.0. The van der Waals surface area contributed by atoms with Gasteiger partial charge in [0.2, 0.25) is 12.7 Å². The first-order valence-electron chi connectivity index (χ1n) is 8.02. The van der Waals surface area contributed by atoms with E-state index in [-0.39, 0.29) is 30.5 Å². The molecule has 2 fully saturated rings. The lowest BCUT2D eigenvalue weighted by atomic mass is 9.78. The SMILES string of the molecule is O=C(O)[C@H]1[C@H]2CC[C@H](C2)[C@@H]1C(=O)NCc1ccc2c(c1)OCO2. The van der Waals surface area contributed by atoms with Crippen molar-refractivity contribution in [3.8, 4) is 11.5 Å². The quantitative estimate of drug-likeness (QED) is 0.884. The molecule has 1 aromatic rings. The van der Waals surface area contributed by atoms with Crippen LogP contribution in [-0.2, 0) is 16.1 Å². The minimum atomic E-state index is -0.833. The summed E-state index contributed by atoms with van der Waals surface area (Å²) in [6.45, 7) is 0.590. The molecule has 0 unspecified atom stereocenters. The van der Waals surface area contributed by atoms with E-state index in [9.17, 15) is 14.7 Å². The topological polar surface area (TPSA) is 84.9 Å². The van der Waals surface area contributed by atoms with E-state index in [1.165, 1.54) is 0 Å². The Labute approximate surface area is 133 Å². The largest absolute Gasteiger partial charge is 0.481 e. The summed E-state index contributed by atoms with van der Waals surface area (Å²) in [5, 5.41) is 12.3. The first-order valence-corrected chi connectivity index (χ1v) is 8.02. The van der Waals surface area contributed by atoms with Crippen LogP contribution >= 0.6 is 0 Å². The Kier molecular flexibility index (Phi) is 3.39. The molecule has 4 atom stereocenters. The third kappa shape index (κ3) is 2.42. The Morgan fingerprint density at radius 1 is 1.13 bits per heavy atom. The summed E-state index contributed by atoms with van der Waals surface area (Å²) in [6.07, 6.45) is 2.78. The van der Waals surface area contributed by atoms with Gasteiger partial charge in [-0.15, -0.1) is 0 Å². The third-order valence-electron chi connectivity index (χ3n) is 5.41. The predicted molar refractivity (Wildman–Crippen MR) is 79.9 cm³/mol. The number of carbonyl (C=O) groups excluding carboxylic acids is 1. The summed E-state index contributed by atoms with van der Waals surface area (Å²) >= 11 is 0. The molecular weight excluding hydrogens is 298 g/mol. The van der Waals surface area contributed by atoms with Crippen LogP contribution in [0.2, 0.25) is 0 Å². The van der Waals surface area contributed by atoms with Crippen LogP contribution in [-0.4, -0.2) is 23.8 Å². The van der Waals surface area contributed by atoms with E-state index < -0.39 is 11.9 Å². The second kappa shape index (κ2) is 5.44. The minimum Gasteiger partial charge on any atom is -0.481 e. The molecule has 1 heterocycles. The molecule has 1 aromatic carbocycles. The van der Waals surface area contributed by atoms with Crippen molar-refractivity contribution in [2.75, 3.05) is 6.79 Å². The highest BCUT2D eigenvalue weighted by molar-refractivity contribution is 5.86. The number of ether oxygens (including phenoxy) is 2. The van der Waals surface area contributed by atoms with Gasteiger partial charge < -0.3 is 19.9 Å². The molecule has 1 amide bonds. The first-order chi connectivity index (χ1) is 11.1. The molecule has 0 aromatic heterocycles. The van der Waals surface area contributed by atoms with Crippen LogP contribution in [0.1, 0.15) is 24.8 Å². The molecule has 0 radical (unpaired) electrons. The summed E-state index contributed by atoms with van der Waals surface area (Å²) in [5.41, 5.74) is 0.914. The highest BCUT2D eigenvalue weighted by Crippen LogP contribution is 2.52.